The average Bonchev–Trinajstić information content (AvgIpc) is 3.83. The number of aromatic nitrogens is 4. The fourth-order valence-corrected chi connectivity index (χ4v) is 5.60. The highest BCUT2D eigenvalue weighted by Gasteiger charge is 2.19. The smallest absolute Gasteiger partial charge is 0.308 e. The van der Waals surface area contributed by atoms with E-state index in [9.17, 15) is 4.79 Å². The van der Waals surface area contributed by atoms with Crippen LogP contribution in [0.3, 0.4) is 0 Å². The van der Waals surface area contributed by atoms with Crippen molar-refractivity contribution in [2.75, 3.05) is 54.9 Å². The van der Waals surface area contributed by atoms with E-state index in [2.05, 4.69) is 28.2 Å². The monoisotopic (exact) mass is 600 g/mol. The van der Waals surface area contributed by atoms with Gasteiger partial charge in [0.05, 0.1) is 54.7 Å². The van der Waals surface area contributed by atoms with Crippen molar-refractivity contribution in [3.63, 3.8) is 0 Å². The number of ether oxygens (including phenoxy) is 5. The van der Waals surface area contributed by atoms with Crippen molar-refractivity contribution >= 4 is 52.3 Å². The molecule has 0 fully saturated rings. The summed E-state index contributed by atoms with van der Waals surface area (Å²) >= 11 is 0. The number of hydrogen-bond acceptors (Lipinski definition) is 8. The molecule has 0 radical (unpaired) electrons. The number of nitrogens with one attached hydrogen (secondary N) is 2. The molecule has 2 N–H and O–H groups in total. The molecule has 2 aliphatic heterocycles. The van der Waals surface area contributed by atoms with Gasteiger partial charge in [-0.15, -0.1) is 0 Å². The van der Waals surface area contributed by atoms with Gasteiger partial charge in [-0.25, -0.2) is 9.97 Å². The van der Waals surface area contributed by atoms with Gasteiger partial charge in [-0.1, -0.05) is 0 Å². The number of rotatable bonds is 13. The number of nitrogens with zero attached hydrogens (tertiary/aromatic N) is 2. The SMILES string of the molecule is COCCc1c2nc(c(CCOC)c3ccc([nH]3)c(CCOC)c3cc(OC(C)=O)c([nH]3)c(CCOC)c3nc1C=C3)C=C2. The lowest BCUT2D eigenvalue weighted by Gasteiger charge is -2.06. The summed E-state index contributed by atoms with van der Waals surface area (Å²) in [5.74, 6) is 0.0305. The molecule has 0 aromatic carbocycles. The third-order valence-corrected chi connectivity index (χ3v) is 7.74. The fraction of sp³-hybridized carbons (Fsp3) is 0.382. The van der Waals surface area contributed by atoms with Crippen molar-refractivity contribution < 1.29 is 28.5 Å². The molecule has 3 aromatic heterocycles. The van der Waals surface area contributed by atoms with E-state index in [1.807, 2.05) is 24.3 Å². The molecular weight excluding hydrogens is 560 g/mol. The predicted octanol–water partition coefficient (Wildman–Crippen LogP) is 5.34. The highest BCUT2D eigenvalue weighted by molar-refractivity contribution is 5.87. The van der Waals surface area contributed by atoms with Crippen LogP contribution in [-0.2, 0) is 49.4 Å². The van der Waals surface area contributed by atoms with Crippen LogP contribution in [-0.4, -0.2) is 80.8 Å². The third kappa shape index (κ3) is 6.84. The Morgan fingerprint density at radius 3 is 1.61 bits per heavy atom. The Balaban J connectivity index is 1.95. The van der Waals surface area contributed by atoms with Crippen molar-refractivity contribution in [1.82, 2.24) is 19.9 Å². The van der Waals surface area contributed by atoms with Crippen LogP contribution in [0.2, 0.25) is 0 Å². The number of carbonyl (C=O) groups excluding carboxylic acids is 1. The van der Waals surface area contributed by atoms with E-state index in [-0.39, 0.29) is 0 Å². The molecule has 0 atom stereocenters. The summed E-state index contributed by atoms with van der Waals surface area (Å²) in [7, 11) is 6.74. The van der Waals surface area contributed by atoms with Gasteiger partial charge in [0.2, 0.25) is 0 Å². The molecule has 10 heteroatoms. The molecule has 0 saturated heterocycles. The number of hydrogen-bond donors (Lipinski definition) is 2. The maximum absolute atomic E-state index is 12.3. The van der Waals surface area contributed by atoms with Gasteiger partial charge >= 0.3 is 5.97 Å². The average molecular weight is 601 g/mol. The number of esters is 1. The van der Waals surface area contributed by atoms with Crippen molar-refractivity contribution in [2.45, 2.75) is 32.6 Å². The Bertz CT molecular complexity index is 1730. The van der Waals surface area contributed by atoms with E-state index in [4.69, 9.17) is 33.7 Å². The summed E-state index contributed by atoms with van der Waals surface area (Å²) in [4.78, 5) is 29.7. The summed E-state index contributed by atoms with van der Waals surface area (Å²) in [6, 6.07) is 6.03. The molecule has 3 aromatic rings. The zero-order chi connectivity index (χ0) is 31.1. The number of methoxy groups -OCH3 is 4. The number of carbonyl (C=O) groups is 1. The molecule has 5 rings (SSSR count). The quantitative estimate of drug-likeness (QED) is 0.174. The maximum atomic E-state index is 12.3. The minimum absolute atomic E-state index is 0.407. The normalized spacial score (nSPS) is 12.3. The largest absolute Gasteiger partial charge is 0.424 e. The third-order valence-electron chi connectivity index (χ3n) is 7.74. The van der Waals surface area contributed by atoms with Crippen LogP contribution in [0, 0.1) is 0 Å². The van der Waals surface area contributed by atoms with Gasteiger partial charge in [0, 0.05) is 93.1 Å². The Kier molecular flexibility index (Phi) is 10.4. The van der Waals surface area contributed by atoms with E-state index in [1.54, 1.807) is 28.4 Å². The van der Waals surface area contributed by atoms with Crippen molar-refractivity contribution in [1.29, 1.82) is 0 Å². The Morgan fingerprint density at radius 2 is 1.07 bits per heavy atom. The van der Waals surface area contributed by atoms with E-state index in [0.717, 1.165) is 61.6 Å². The van der Waals surface area contributed by atoms with Crippen LogP contribution in [0.5, 0.6) is 5.75 Å². The van der Waals surface area contributed by atoms with Crippen LogP contribution in [0.4, 0.5) is 0 Å². The fourth-order valence-electron chi connectivity index (χ4n) is 5.60. The second-order valence-corrected chi connectivity index (χ2v) is 10.6. The summed E-state index contributed by atoms with van der Waals surface area (Å²) in [5, 5.41) is 0. The number of fused-ring (bicyclic) bond motifs is 8. The van der Waals surface area contributed by atoms with E-state index < -0.39 is 5.97 Å². The lowest BCUT2D eigenvalue weighted by atomic mass is 10.1. The highest BCUT2D eigenvalue weighted by atomic mass is 16.5. The second-order valence-electron chi connectivity index (χ2n) is 10.6. The van der Waals surface area contributed by atoms with Crippen LogP contribution < -0.4 is 4.74 Å². The van der Waals surface area contributed by atoms with Crippen LogP contribution in [0.25, 0.3) is 46.4 Å². The summed E-state index contributed by atoms with van der Waals surface area (Å²) in [6.45, 7) is 3.44. The molecule has 0 amide bonds. The molecule has 0 unspecified atom stereocenters. The lowest BCUT2D eigenvalue weighted by molar-refractivity contribution is -0.131. The minimum atomic E-state index is -0.407. The van der Waals surface area contributed by atoms with Gasteiger partial charge in [-0.3, -0.25) is 4.79 Å². The zero-order valence-electron chi connectivity index (χ0n) is 26.0. The molecule has 8 bridgehead atoms. The molecular formula is C34H40N4O6. The van der Waals surface area contributed by atoms with Gasteiger partial charge in [-0.05, 0) is 49.3 Å². The van der Waals surface area contributed by atoms with Gasteiger partial charge in [0.1, 0.15) is 0 Å². The van der Waals surface area contributed by atoms with Crippen LogP contribution >= 0.6 is 0 Å². The topological polar surface area (TPSA) is 121 Å². The molecule has 0 spiro atoms. The molecule has 232 valence electrons. The first-order valence-electron chi connectivity index (χ1n) is 14.8. The van der Waals surface area contributed by atoms with Gasteiger partial charge in [0.15, 0.2) is 5.75 Å². The summed E-state index contributed by atoms with van der Waals surface area (Å²) < 4.78 is 27.7. The summed E-state index contributed by atoms with van der Waals surface area (Å²) in [5.41, 5.74) is 10.6. The predicted molar refractivity (Wildman–Crippen MR) is 172 cm³/mol. The van der Waals surface area contributed by atoms with E-state index in [1.165, 1.54) is 6.92 Å². The van der Waals surface area contributed by atoms with E-state index >= 15 is 0 Å². The number of H-pyrrole nitrogens is 2. The Labute approximate surface area is 257 Å². The second kappa shape index (κ2) is 14.6. The zero-order valence-corrected chi connectivity index (χ0v) is 26.0. The highest BCUT2D eigenvalue weighted by Crippen LogP contribution is 2.32. The first-order chi connectivity index (χ1) is 21.5. The van der Waals surface area contributed by atoms with E-state index in [0.29, 0.717) is 63.4 Å². The van der Waals surface area contributed by atoms with Crippen molar-refractivity contribution in [3.05, 3.63) is 63.2 Å². The van der Waals surface area contributed by atoms with Gasteiger partial charge in [0.25, 0.3) is 0 Å². The van der Waals surface area contributed by atoms with Crippen molar-refractivity contribution in [2.24, 2.45) is 0 Å². The Hall–Kier alpha value is -4.09. The molecule has 0 saturated carbocycles. The lowest BCUT2D eigenvalue weighted by Crippen LogP contribution is -2.03. The van der Waals surface area contributed by atoms with Crippen molar-refractivity contribution in [3.8, 4) is 5.75 Å². The Morgan fingerprint density at radius 1 is 0.614 bits per heavy atom. The van der Waals surface area contributed by atoms with Crippen LogP contribution in [0.15, 0.2) is 18.2 Å². The summed E-state index contributed by atoms with van der Waals surface area (Å²) in [6.07, 6.45) is 10.6. The number of aromatic amines is 2. The standard InChI is InChI=1S/C34H40N4O6/c1-21(39)44-33-20-32-24(14-18-42-4)30-9-8-28(36-30)22(12-16-40-2)26-6-7-27(35-26)23(13-17-41-3)29-10-11-31(37-29)25(15-19-43-5)34(33)38-32/h6-11,20,36,38H,12-19H2,1-5H3. The molecule has 5 heterocycles. The molecule has 10 nitrogen and oxygen atoms in total. The first-order valence-corrected chi connectivity index (χ1v) is 14.8. The van der Waals surface area contributed by atoms with Gasteiger partial charge in [-0.2, -0.15) is 0 Å². The molecule has 0 aliphatic carbocycles. The molecule has 2 aliphatic rings. The maximum Gasteiger partial charge on any atom is 0.308 e. The van der Waals surface area contributed by atoms with Crippen LogP contribution in [0.1, 0.15) is 52.0 Å². The first kappa shape index (κ1) is 31.3. The minimum Gasteiger partial charge on any atom is -0.424 e. The van der Waals surface area contributed by atoms with Gasteiger partial charge < -0.3 is 33.7 Å². The molecule has 44 heavy (non-hydrogen) atoms.